The Balaban J connectivity index is 3.08. The number of hydrogen-bond donors (Lipinski definition) is 0. The maximum absolute atomic E-state index is 10.9. The first-order chi connectivity index (χ1) is 5.91. The molecule has 1 aromatic carbocycles. The van der Waals surface area contributed by atoms with E-state index >= 15 is 0 Å². The van der Waals surface area contributed by atoms with Crippen LogP contribution >= 0.6 is 10.7 Å². The van der Waals surface area contributed by atoms with Crippen molar-refractivity contribution < 1.29 is 8.42 Å². The summed E-state index contributed by atoms with van der Waals surface area (Å²) in [6.07, 6.45) is 0. The van der Waals surface area contributed by atoms with E-state index in [9.17, 15) is 8.42 Å². The standard InChI is InChI=1S/C8H10ClNO2S/c1-10(2)7-3-5-8(6-4-7)13(9,11)12/h3-6H,1-2H3. The van der Waals surface area contributed by atoms with Gasteiger partial charge in [-0.2, -0.15) is 0 Å². The molecule has 1 rings (SSSR count). The van der Waals surface area contributed by atoms with Crippen molar-refractivity contribution in [3.05, 3.63) is 24.3 Å². The minimum Gasteiger partial charge on any atom is -0.378 e. The van der Waals surface area contributed by atoms with Crippen molar-refractivity contribution in [2.45, 2.75) is 4.90 Å². The summed E-state index contributed by atoms with van der Waals surface area (Å²) in [4.78, 5) is 2.00. The molecule has 0 heterocycles. The van der Waals surface area contributed by atoms with Gasteiger partial charge in [-0.3, -0.25) is 0 Å². The summed E-state index contributed by atoms with van der Waals surface area (Å²) >= 11 is 0. The van der Waals surface area contributed by atoms with Crippen LogP contribution in [0.1, 0.15) is 0 Å². The zero-order valence-electron chi connectivity index (χ0n) is 7.36. The molecule has 0 aliphatic rings. The Morgan fingerprint density at radius 1 is 1.15 bits per heavy atom. The van der Waals surface area contributed by atoms with Gasteiger partial charge in [-0.25, -0.2) is 8.42 Å². The van der Waals surface area contributed by atoms with Gasteiger partial charge in [0.05, 0.1) is 4.90 Å². The van der Waals surface area contributed by atoms with E-state index in [4.69, 9.17) is 10.7 Å². The number of nitrogens with zero attached hydrogens (tertiary/aromatic N) is 1. The summed E-state index contributed by atoms with van der Waals surface area (Å²) in [5.74, 6) is 0. The molecule has 1 aromatic rings. The Morgan fingerprint density at radius 3 is 1.92 bits per heavy atom. The van der Waals surface area contributed by atoms with Crippen LogP contribution in [0.2, 0.25) is 0 Å². The molecule has 0 aliphatic heterocycles. The van der Waals surface area contributed by atoms with Crippen LogP contribution in [0, 0.1) is 0 Å². The van der Waals surface area contributed by atoms with Gasteiger partial charge < -0.3 is 4.90 Å². The fourth-order valence-electron chi connectivity index (χ4n) is 0.907. The lowest BCUT2D eigenvalue weighted by Crippen LogP contribution is -2.08. The molecular formula is C8H10ClNO2S. The van der Waals surface area contributed by atoms with Crippen molar-refractivity contribution in [3.63, 3.8) is 0 Å². The molecule has 13 heavy (non-hydrogen) atoms. The minimum absolute atomic E-state index is 0.125. The van der Waals surface area contributed by atoms with Gasteiger partial charge in [0.2, 0.25) is 0 Å². The van der Waals surface area contributed by atoms with Crippen molar-refractivity contribution >= 4 is 25.4 Å². The molecule has 0 bridgehead atoms. The molecule has 0 amide bonds. The second-order valence-corrected chi connectivity index (χ2v) is 5.39. The minimum atomic E-state index is -3.59. The first-order valence-corrected chi connectivity index (χ1v) is 5.94. The average Bonchev–Trinajstić information content (AvgIpc) is 2.03. The monoisotopic (exact) mass is 219 g/mol. The highest BCUT2D eigenvalue weighted by Gasteiger charge is 2.08. The summed E-state index contributed by atoms with van der Waals surface area (Å²) in [7, 11) is 5.32. The normalized spacial score (nSPS) is 11.3. The number of hydrogen-bond acceptors (Lipinski definition) is 3. The predicted octanol–water partition coefficient (Wildman–Crippen LogP) is 1.68. The van der Waals surface area contributed by atoms with E-state index in [-0.39, 0.29) is 4.90 Å². The van der Waals surface area contributed by atoms with Crippen molar-refractivity contribution in [1.82, 2.24) is 0 Å². The van der Waals surface area contributed by atoms with E-state index in [1.807, 2.05) is 19.0 Å². The number of anilines is 1. The van der Waals surface area contributed by atoms with Gasteiger partial charge in [0, 0.05) is 30.5 Å². The molecular weight excluding hydrogens is 210 g/mol. The van der Waals surface area contributed by atoms with Gasteiger partial charge in [0.15, 0.2) is 0 Å². The Kier molecular flexibility index (Phi) is 2.83. The molecule has 0 radical (unpaired) electrons. The first kappa shape index (κ1) is 10.3. The first-order valence-electron chi connectivity index (χ1n) is 3.63. The lowest BCUT2D eigenvalue weighted by atomic mass is 10.3. The third-order valence-corrected chi connectivity index (χ3v) is 3.00. The Morgan fingerprint density at radius 2 is 1.62 bits per heavy atom. The lowest BCUT2D eigenvalue weighted by molar-refractivity contribution is 0.609. The van der Waals surface area contributed by atoms with Crippen LogP contribution in [-0.2, 0) is 9.05 Å². The molecule has 0 saturated heterocycles. The van der Waals surface area contributed by atoms with Crippen LogP contribution < -0.4 is 4.90 Å². The summed E-state index contributed by atoms with van der Waals surface area (Å²) in [6.45, 7) is 0. The largest absolute Gasteiger partial charge is 0.378 e. The third-order valence-electron chi connectivity index (χ3n) is 1.63. The van der Waals surface area contributed by atoms with E-state index in [0.717, 1.165) is 5.69 Å². The molecule has 3 nitrogen and oxygen atoms in total. The topological polar surface area (TPSA) is 37.4 Å². The second kappa shape index (κ2) is 3.55. The van der Waals surface area contributed by atoms with Crippen molar-refractivity contribution in [2.75, 3.05) is 19.0 Å². The fraction of sp³-hybridized carbons (Fsp3) is 0.250. The summed E-state index contributed by atoms with van der Waals surface area (Å²) < 4.78 is 21.7. The Labute approximate surface area is 82.4 Å². The van der Waals surface area contributed by atoms with Gasteiger partial charge in [-0.15, -0.1) is 0 Å². The van der Waals surface area contributed by atoms with Crippen LogP contribution in [0.25, 0.3) is 0 Å². The highest BCUT2D eigenvalue weighted by molar-refractivity contribution is 8.13. The highest BCUT2D eigenvalue weighted by atomic mass is 35.7. The fourth-order valence-corrected chi connectivity index (χ4v) is 1.68. The third kappa shape index (κ3) is 2.60. The SMILES string of the molecule is CN(C)c1ccc(S(=O)(=O)Cl)cc1. The van der Waals surface area contributed by atoms with Crippen molar-refractivity contribution in [3.8, 4) is 0 Å². The molecule has 0 aliphatic carbocycles. The quantitative estimate of drug-likeness (QED) is 0.711. The molecule has 0 saturated carbocycles. The summed E-state index contributed by atoms with van der Waals surface area (Å²) in [6, 6.07) is 6.37. The van der Waals surface area contributed by atoms with Crippen LogP contribution in [0.3, 0.4) is 0 Å². The summed E-state index contributed by atoms with van der Waals surface area (Å²) in [5.41, 5.74) is 0.934. The zero-order chi connectivity index (χ0) is 10.1. The van der Waals surface area contributed by atoms with Crippen LogP contribution in [-0.4, -0.2) is 22.5 Å². The Bertz CT molecular complexity index is 383. The molecule has 0 aromatic heterocycles. The van der Waals surface area contributed by atoms with Gasteiger partial charge in [0.25, 0.3) is 9.05 Å². The average molecular weight is 220 g/mol. The maximum atomic E-state index is 10.9. The van der Waals surface area contributed by atoms with E-state index in [1.165, 1.54) is 12.1 Å². The van der Waals surface area contributed by atoms with Gasteiger partial charge in [0.1, 0.15) is 0 Å². The highest BCUT2D eigenvalue weighted by Crippen LogP contribution is 2.18. The number of rotatable bonds is 2. The second-order valence-electron chi connectivity index (χ2n) is 2.83. The molecule has 0 fully saturated rings. The molecule has 5 heteroatoms. The molecule has 72 valence electrons. The molecule has 0 unspecified atom stereocenters. The van der Waals surface area contributed by atoms with Crippen molar-refractivity contribution in [1.29, 1.82) is 0 Å². The van der Waals surface area contributed by atoms with Crippen molar-refractivity contribution in [2.24, 2.45) is 0 Å². The van der Waals surface area contributed by atoms with E-state index < -0.39 is 9.05 Å². The number of halogens is 1. The van der Waals surface area contributed by atoms with Crippen LogP contribution in [0.15, 0.2) is 29.2 Å². The maximum Gasteiger partial charge on any atom is 0.261 e. The van der Waals surface area contributed by atoms with E-state index in [2.05, 4.69) is 0 Å². The van der Waals surface area contributed by atoms with E-state index in [1.54, 1.807) is 12.1 Å². The zero-order valence-corrected chi connectivity index (χ0v) is 8.93. The predicted molar refractivity (Wildman–Crippen MR) is 53.8 cm³/mol. The molecule has 0 atom stereocenters. The summed E-state index contributed by atoms with van der Waals surface area (Å²) in [5, 5.41) is 0. The molecule has 0 spiro atoms. The number of benzene rings is 1. The van der Waals surface area contributed by atoms with Crippen LogP contribution in [0.5, 0.6) is 0 Å². The smallest absolute Gasteiger partial charge is 0.261 e. The van der Waals surface area contributed by atoms with Crippen LogP contribution in [0.4, 0.5) is 5.69 Å². The molecule has 0 N–H and O–H groups in total. The Hall–Kier alpha value is -0.740. The van der Waals surface area contributed by atoms with E-state index in [0.29, 0.717) is 0 Å². The lowest BCUT2D eigenvalue weighted by Gasteiger charge is -2.11. The van der Waals surface area contributed by atoms with Gasteiger partial charge >= 0.3 is 0 Å². The van der Waals surface area contributed by atoms with Gasteiger partial charge in [-0.1, -0.05) is 0 Å². The van der Waals surface area contributed by atoms with Gasteiger partial charge in [-0.05, 0) is 24.3 Å².